The molecule has 3 aromatic carbocycles. The van der Waals surface area contributed by atoms with Gasteiger partial charge in [-0.2, -0.15) is 0 Å². The Morgan fingerprint density at radius 1 is 0.933 bits per heavy atom. The zero-order valence-corrected chi connectivity index (χ0v) is 23.7. The summed E-state index contributed by atoms with van der Waals surface area (Å²) < 4.78 is 10.8. The van der Waals surface area contributed by atoms with Crippen LogP contribution in [0, 0.1) is 0 Å². The molecular weight excluding hydrogens is 588 g/mol. The molecule has 234 valence electrons. The van der Waals surface area contributed by atoms with Gasteiger partial charge in [-0.25, -0.2) is 4.79 Å². The first-order chi connectivity index (χ1) is 21.6. The molecule has 6 N–H and O–H groups in total. The molecule has 1 saturated heterocycles. The average molecular weight is 619 g/mol. The van der Waals surface area contributed by atoms with Gasteiger partial charge < -0.3 is 40.8 Å². The molecule has 3 atom stereocenters. The van der Waals surface area contributed by atoms with Crippen LogP contribution in [0.25, 0.3) is 0 Å². The number of benzene rings is 3. The smallest absolute Gasteiger partial charge is 0.331 e. The van der Waals surface area contributed by atoms with E-state index in [2.05, 4.69) is 10.5 Å². The van der Waals surface area contributed by atoms with Gasteiger partial charge in [0.25, 0.3) is 5.91 Å². The number of esters is 1. The molecule has 0 bridgehead atoms. The lowest BCUT2D eigenvalue weighted by atomic mass is 9.97. The minimum Gasteiger partial charge on any atom is -0.494 e. The summed E-state index contributed by atoms with van der Waals surface area (Å²) in [6.45, 7) is -0.0858. The van der Waals surface area contributed by atoms with E-state index < -0.39 is 53.6 Å². The summed E-state index contributed by atoms with van der Waals surface area (Å²) in [4.78, 5) is 61.9. The third-order valence-corrected chi connectivity index (χ3v) is 6.89. The van der Waals surface area contributed by atoms with Crippen molar-refractivity contribution in [3.05, 3.63) is 95.6 Å². The van der Waals surface area contributed by atoms with Crippen LogP contribution >= 0.6 is 0 Å². The van der Waals surface area contributed by atoms with Crippen molar-refractivity contribution in [2.45, 2.75) is 31.0 Å². The first kappa shape index (κ1) is 32.2. The van der Waals surface area contributed by atoms with Gasteiger partial charge in [0, 0.05) is 12.0 Å². The Hall–Kier alpha value is -5.76. The lowest BCUT2D eigenvalue weighted by Gasteiger charge is -2.42. The Morgan fingerprint density at radius 3 is 2.16 bits per heavy atom. The Labute approximate surface area is 256 Å². The highest BCUT2D eigenvalue weighted by Gasteiger charge is 2.45. The summed E-state index contributed by atoms with van der Waals surface area (Å²) >= 11 is 0. The molecule has 45 heavy (non-hydrogen) atoms. The molecule has 2 amide bonds. The van der Waals surface area contributed by atoms with Crippen LogP contribution < -0.4 is 20.5 Å². The quantitative estimate of drug-likeness (QED) is 0.0434. The predicted molar refractivity (Wildman–Crippen MR) is 157 cm³/mol. The van der Waals surface area contributed by atoms with Crippen molar-refractivity contribution < 1.29 is 48.9 Å². The maximum absolute atomic E-state index is 12.9. The monoisotopic (exact) mass is 618 g/mol. The minimum atomic E-state index is -1.36. The molecule has 0 spiro atoms. The number of β-lactam (4-membered cyclic amide) rings is 1. The van der Waals surface area contributed by atoms with E-state index in [1.54, 1.807) is 24.3 Å². The van der Waals surface area contributed by atoms with E-state index in [4.69, 9.17) is 20.3 Å². The number of nitrogens with two attached hydrogens (primary N) is 1. The first-order valence-corrected chi connectivity index (χ1v) is 13.7. The van der Waals surface area contributed by atoms with Gasteiger partial charge in [-0.1, -0.05) is 47.6 Å². The summed E-state index contributed by atoms with van der Waals surface area (Å²) in [5.41, 5.74) is 6.27. The minimum absolute atomic E-state index is 0.0399. The molecule has 4 rings (SSSR count). The number of carbonyl (C=O) groups excluding carboxylic acids is 3. The van der Waals surface area contributed by atoms with E-state index in [0.29, 0.717) is 5.75 Å². The fraction of sp³-hybridized carbons (Fsp3) is 0.226. The molecule has 0 saturated carbocycles. The highest BCUT2D eigenvalue weighted by atomic mass is 16.5. The van der Waals surface area contributed by atoms with Crippen molar-refractivity contribution in [1.29, 1.82) is 0 Å². The highest BCUT2D eigenvalue weighted by Crippen LogP contribution is 2.29. The number of nitrogens with zero attached hydrogens (tertiary/aromatic N) is 2. The van der Waals surface area contributed by atoms with Gasteiger partial charge in [-0.05, 0) is 47.5 Å². The molecule has 3 aromatic rings. The number of oxime groups is 1. The Kier molecular flexibility index (Phi) is 10.4. The van der Waals surface area contributed by atoms with E-state index >= 15 is 0 Å². The molecule has 14 heteroatoms. The number of aliphatic carboxylic acids is 2. The molecule has 1 fully saturated rings. The second-order valence-corrected chi connectivity index (χ2v) is 10.0. The molecule has 0 aromatic heterocycles. The number of carbonyl (C=O) groups is 5. The molecule has 0 radical (unpaired) electrons. The van der Waals surface area contributed by atoms with Crippen molar-refractivity contribution in [2.75, 3.05) is 13.2 Å². The Balaban J connectivity index is 1.31. The van der Waals surface area contributed by atoms with Crippen LogP contribution in [0.15, 0.2) is 84.0 Å². The maximum atomic E-state index is 12.9. The van der Waals surface area contributed by atoms with E-state index in [9.17, 15) is 34.3 Å². The molecule has 1 heterocycles. The largest absolute Gasteiger partial charge is 0.494 e. The van der Waals surface area contributed by atoms with Crippen LogP contribution in [-0.4, -0.2) is 81.0 Å². The number of ether oxygens (including phenoxy) is 2. The van der Waals surface area contributed by atoms with E-state index in [-0.39, 0.29) is 42.9 Å². The molecule has 14 nitrogen and oxygen atoms in total. The van der Waals surface area contributed by atoms with Gasteiger partial charge in [0.15, 0.2) is 11.8 Å². The third kappa shape index (κ3) is 8.20. The summed E-state index contributed by atoms with van der Waals surface area (Å²) in [5.74, 6) is -3.90. The predicted octanol–water partition coefficient (Wildman–Crippen LogP) is 1.35. The van der Waals surface area contributed by atoms with Crippen LogP contribution in [0.4, 0.5) is 0 Å². The first-order valence-electron chi connectivity index (χ1n) is 13.7. The zero-order chi connectivity index (χ0) is 32.5. The highest BCUT2D eigenvalue weighted by molar-refractivity contribution is 6.45. The lowest BCUT2D eigenvalue weighted by molar-refractivity contribution is -0.160. The fourth-order valence-corrected chi connectivity index (χ4v) is 4.49. The van der Waals surface area contributed by atoms with Crippen LogP contribution in [0.2, 0.25) is 0 Å². The molecule has 1 aliphatic rings. The maximum Gasteiger partial charge on any atom is 0.331 e. The fourth-order valence-electron chi connectivity index (χ4n) is 4.49. The number of hydrogen-bond donors (Lipinski definition) is 5. The molecule has 1 aliphatic heterocycles. The van der Waals surface area contributed by atoms with Crippen LogP contribution in [0.1, 0.15) is 29.2 Å². The SMILES string of the molecule is NC(CCOc1ccc(/C(=N/O)C(=O)NC2CN(C(C(=O)O)c3ccc(OC(=O)Cc4ccccc4)cc3)C2=O)cc1)C(=O)O. The van der Waals surface area contributed by atoms with Crippen molar-refractivity contribution in [3.8, 4) is 11.5 Å². The van der Waals surface area contributed by atoms with Gasteiger partial charge in [-0.3, -0.25) is 19.2 Å². The zero-order valence-electron chi connectivity index (χ0n) is 23.7. The number of rotatable bonds is 14. The van der Waals surface area contributed by atoms with Crippen LogP contribution in [0.3, 0.4) is 0 Å². The van der Waals surface area contributed by atoms with E-state index in [1.165, 1.54) is 48.5 Å². The second-order valence-electron chi connectivity index (χ2n) is 10.0. The topological polar surface area (TPSA) is 218 Å². The molecule has 0 aliphatic carbocycles. The van der Waals surface area contributed by atoms with Crippen molar-refractivity contribution in [1.82, 2.24) is 10.2 Å². The molecule has 3 unspecified atom stereocenters. The van der Waals surface area contributed by atoms with E-state index in [0.717, 1.165) is 10.5 Å². The average Bonchev–Trinajstić information content (AvgIpc) is 3.02. The summed E-state index contributed by atoms with van der Waals surface area (Å²) in [7, 11) is 0. The normalized spacial score (nSPS) is 15.8. The van der Waals surface area contributed by atoms with Crippen molar-refractivity contribution in [2.24, 2.45) is 10.9 Å². The molecular formula is C31H30N4O10. The summed E-state index contributed by atoms with van der Waals surface area (Å²) in [6.07, 6.45) is 0.137. The Bertz CT molecular complexity index is 1580. The number of hydrogen-bond acceptors (Lipinski definition) is 10. The van der Waals surface area contributed by atoms with Crippen molar-refractivity contribution in [3.63, 3.8) is 0 Å². The summed E-state index contributed by atoms with van der Waals surface area (Å²) in [6, 6.07) is 17.1. The second kappa shape index (κ2) is 14.6. The number of amides is 2. The Morgan fingerprint density at radius 2 is 1.58 bits per heavy atom. The number of nitrogens with one attached hydrogen (secondary N) is 1. The third-order valence-electron chi connectivity index (χ3n) is 6.89. The van der Waals surface area contributed by atoms with Crippen molar-refractivity contribution >= 4 is 35.4 Å². The number of carboxylic acids is 2. The number of carboxylic acid groups (broad SMARTS) is 2. The van der Waals surface area contributed by atoms with Gasteiger partial charge in [0.2, 0.25) is 5.91 Å². The van der Waals surface area contributed by atoms with Gasteiger partial charge >= 0.3 is 17.9 Å². The number of likely N-dealkylation sites (tertiary alicyclic amines) is 1. The standard InChI is InChI=1S/C31H30N4O10/c32-23(30(39)40)14-15-44-21-10-6-19(7-11-21)26(34-43)28(37)33-24-17-35(29(24)38)27(31(41)42)20-8-12-22(13-9-20)45-25(36)16-18-4-2-1-3-5-18/h1-13,23-24,27,43H,14-17,32H2,(H,33,37)(H,39,40)(H,41,42)/b34-26-. The summed E-state index contributed by atoms with van der Waals surface area (Å²) in [5, 5.41) is 33.7. The van der Waals surface area contributed by atoms with Gasteiger partial charge in [0.1, 0.15) is 23.6 Å². The van der Waals surface area contributed by atoms with E-state index in [1.807, 2.05) is 6.07 Å². The van der Waals surface area contributed by atoms with Crippen LogP contribution in [-0.2, 0) is 30.4 Å². The van der Waals surface area contributed by atoms with Gasteiger partial charge in [-0.15, -0.1) is 0 Å². The van der Waals surface area contributed by atoms with Gasteiger partial charge in [0.05, 0.1) is 19.6 Å². The lowest BCUT2D eigenvalue weighted by Crippen LogP contribution is -2.66. The van der Waals surface area contributed by atoms with Crippen LogP contribution in [0.5, 0.6) is 11.5 Å².